The first-order valence-corrected chi connectivity index (χ1v) is 9.75. The highest BCUT2D eigenvalue weighted by Gasteiger charge is 2.28. The van der Waals surface area contributed by atoms with Crippen LogP contribution in [0.1, 0.15) is 12.1 Å². The Kier molecular flexibility index (Phi) is 6.58. The number of carbonyl (C=O) groups excluding carboxylic acids is 1. The summed E-state index contributed by atoms with van der Waals surface area (Å²) < 4.78 is 16.9. The Morgan fingerprint density at radius 1 is 1.12 bits per heavy atom. The topological polar surface area (TPSA) is 112 Å². The van der Waals surface area contributed by atoms with E-state index in [-0.39, 0.29) is 24.2 Å². The van der Waals surface area contributed by atoms with E-state index in [0.29, 0.717) is 11.3 Å². The molecule has 1 aromatic heterocycles. The molecule has 8 nitrogen and oxygen atoms in total. The van der Waals surface area contributed by atoms with Crippen molar-refractivity contribution in [2.24, 2.45) is 7.05 Å². The van der Waals surface area contributed by atoms with Crippen LogP contribution >= 0.6 is 0 Å². The normalized spacial score (nSPS) is 10.6. The molecule has 0 atom stereocenters. The molecule has 0 aliphatic rings. The van der Waals surface area contributed by atoms with E-state index in [1.165, 1.54) is 35.9 Å². The van der Waals surface area contributed by atoms with Crippen LogP contribution in [0.3, 0.4) is 0 Å². The minimum Gasteiger partial charge on any atom is -0.505 e. The van der Waals surface area contributed by atoms with Crippen LogP contribution in [0.15, 0.2) is 59.4 Å². The van der Waals surface area contributed by atoms with E-state index >= 15 is 4.39 Å². The largest absolute Gasteiger partial charge is 0.505 e. The number of rotatable bonds is 6. The van der Waals surface area contributed by atoms with Gasteiger partial charge in [0.15, 0.2) is 11.5 Å². The van der Waals surface area contributed by atoms with Gasteiger partial charge in [-0.05, 0) is 18.6 Å². The van der Waals surface area contributed by atoms with Crippen LogP contribution in [0.2, 0.25) is 0 Å². The molecule has 0 aliphatic heterocycles. The Bertz CT molecular complexity index is 1220. The number of halogens is 1. The molecule has 0 unspecified atom stereocenters. The van der Waals surface area contributed by atoms with Gasteiger partial charge in [-0.25, -0.2) is 9.18 Å². The van der Waals surface area contributed by atoms with Gasteiger partial charge in [-0.15, -0.1) is 0 Å². The first-order valence-electron chi connectivity index (χ1n) is 9.75. The van der Waals surface area contributed by atoms with Crippen molar-refractivity contribution >= 4 is 23.4 Å². The zero-order valence-electron chi connectivity index (χ0n) is 17.5. The number of amides is 2. The van der Waals surface area contributed by atoms with Crippen LogP contribution in [-0.2, 0) is 11.8 Å². The Balaban J connectivity index is 2.19. The third-order valence-electron chi connectivity index (χ3n) is 4.97. The van der Waals surface area contributed by atoms with Gasteiger partial charge in [-0.3, -0.25) is 14.5 Å². The molecule has 2 amide bonds. The number of aliphatic carboxylic acids is 1. The molecule has 3 N–H and O–H groups in total. The van der Waals surface area contributed by atoms with Crippen molar-refractivity contribution in [3.8, 4) is 16.9 Å². The number of hydrogen-bond acceptors (Lipinski definition) is 4. The van der Waals surface area contributed by atoms with Crippen molar-refractivity contribution in [1.29, 1.82) is 0 Å². The summed E-state index contributed by atoms with van der Waals surface area (Å²) >= 11 is 0. The third-order valence-corrected chi connectivity index (χ3v) is 4.97. The van der Waals surface area contributed by atoms with E-state index in [4.69, 9.17) is 5.11 Å². The number of urea groups is 1. The summed E-state index contributed by atoms with van der Waals surface area (Å²) in [5.74, 6) is -2.43. The molecule has 2 aromatic carbocycles. The molecule has 1 heterocycles. The highest BCUT2D eigenvalue weighted by atomic mass is 19.1. The molecule has 3 rings (SSSR count). The fourth-order valence-electron chi connectivity index (χ4n) is 3.22. The lowest BCUT2D eigenvalue weighted by molar-refractivity contribution is -0.136. The SMILES string of the molecule is Cc1cc(O)c(N(C(=O)NCCC(=O)O)c2cccc(-c3ccccc3)c2F)c(=O)n1C. The summed E-state index contributed by atoms with van der Waals surface area (Å²) in [7, 11) is 1.46. The minimum atomic E-state index is -1.14. The Hall–Kier alpha value is -4.14. The molecule has 0 radical (unpaired) electrons. The standard InChI is InChI=1S/C23H22FN3O5/c1-14-13-18(28)21(22(31)26(14)2)27(23(32)25-12-11-19(29)30)17-10-6-9-16(20(17)24)15-7-4-3-5-8-15/h3-10,13,28H,11-12H2,1-2H3,(H,25,32)(H,29,30). The van der Waals surface area contributed by atoms with Gasteiger partial charge in [0.25, 0.3) is 5.56 Å². The molecule has 0 fully saturated rings. The lowest BCUT2D eigenvalue weighted by Gasteiger charge is -2.25. The van der Waals surface area contributed by atoms with Crippen molar-refractivity contribution in [2.45, 2.75) is 13.3 Å². The summed E-state index contributed by atoms with van der Waals surface area (Å²) in [6.45, 7) is 1.34. The number of nitrogens with one attached hydrogen (secondary N) is 1. The van der Waals surface area contributed by atoms with E-state index in [1.807, 2.05) is 0 Å². The van der Waals surface area contributed by atoms with Gasteiger partial charge >= 0.3 is 12.0 Å². The van der Waals surface area contributed by atoms with Gasteiger partial charge in [0.2, 0.25) is 0 Å². The molecule has 32 heavy (non-hydrogen) atoms. The molecule has 0 spiro atoms. The Morgan fingerprint density at radius 2 is 1.81 bits per heavy atom. The van der Waals surface area contributed by atoms with Crippen LogP contribution in [0.5, 0.6) is 5.75 Å². The maximum Gasteiger partial charge on any atom is 0.326 e. The number of aromatic nitrogens is 1. The molecule has 0 aliphatic carbocycles. The molecule has 3 aromatic rings. The van der Waals surface area contributed by atoms with Gasteiger partial charge in [0.1, 0.15) is 5.75 Å². The summed E-state index contributed by atoms with van der Waals surface area (Å²) in [4.78, 5) is 37.5. The number of carboxylic acid groups (broad SMARTS) is 1. The number of carboxylic acids is 1. The van der Waals surface area contributed by atoms with E-state index in [0.717, 1.165) is 4.90 Å². The van der Waals surface area contributed by atoms with Gasteiger partial charge < -0.3 is 20.1 Å². The summed E-state index contributed by atoms with van der Waals surface area (Å²) in [5, 5.41) is 21.7. The molecule has 0 saturated carbocycles. The zero-order valence-corrected chi connectivity index (χ0v) is 17.5. The highest BCUT2D eigenvalue weighted by molar-refractivity contribution is 6.01. The van der Waals surface area contributed by atoms with Crippen molar-refractivity contribution in [1.82, 2.24) is 9.88 Å². The number of benzene rings is 2. The number of aryl methyl sites for hydroxylation is 1. The lowest BCUT2D eigenvalue weighted by Crippen LogP contribution is -2.41. The first-order chi connectivity index (χ1) is 15.2. The highest BCUT2D eigenvalue weighted by Crippen LogP contribution is 2.36. The van der Waals surface area contributed by atoms with Crippen LogP contribution in [0.4, 0.5) is 20.6 Å². The number of pyridine rings is 1. The van der Waals surface area contributed by atoms with Crippen LogP contribution in [0, 0.1) is 12.7 Å². The van der Waals surface area contributed by atoms with Gasteiger partial charge in [-0.1, -0.05) is 42.5 Å². The smallest absolute Gasteiger partial charge is 0.326 e. The summed E-state index contributed by atoms with van der Waals surface area (Å²) in [6.07, 6.45) is -0.371. The number of nitrogens with zero attached hydrogens (tertiary/aromatic N) is 2. The average molecular weight is 439 g/mol. The lowest BCUT2D eigenvalue weighted by atomic mass is 10.0. The minimum absolute atomic E-state index is 0.190. The van der Waals surface area contributed by atoms with E-state index in [2.05, 4.69) is 5.32 Å². The maximum atomic E-state index is 15.6. The van der Waals surface area contributed by atoms with Crippen LogP contribution < -0.4 is 15.8 Å². The molecule has 166 valence electrons. The second kappa shape index (κ2) is 9.34. The average Bonchev–Trinajstić information content (AvgIpc) is 2.76. The molecule has 0 saturated heterocycles. The van der Waals surface area contributed by atoms with Crippen LogP contribution in [-0.4, -0.2) is 33.3 Å². The van der Waals surface area contributed by atoms with Crippen molar-refractivity contribution in [2.75, 3.05) is 11.4 Å². The predicted octanol–water partition coefficient (Wildman–Crippen LogP) is 3.53. The van der Waals surface area contributed by atoms with E-state index in [9.17, 15) is 19.5 Å². The van der Waals surface area contributed by atoms with E-state index < -0.39 is 34.8 Å². The predicted molar refractivity (Wildman–Crippen MR) is 118 cm³/mol. The maximum absolute atomic E-state index is 15.6. The van der Waals surface area contributed by atoms with Crippen molar-refractivity contribution in [3.05, 3.63) is 76.5 Å². The summed E-state index contributed by atoms with van der Waals surface area (Å²) in [6, 6.07) is 13.3. The van der Waals surface area contributed by atoms with Gasteiger partial charge in [-0.2, -0.15) is 0 Å². The number of carbonyl (C=O) groups is 2. The second-order valence-electron chi connectivity index (χ2n) is 7.10. The van der Waals surface area contributed by atoms with E-state index in [1.54, 1.807) is 37.3 Å². The number of hydrogen-bond donors (Lipinski definition) is 3. The first kappa shape index (κ1) is 22.5. The fraction of sp³-hybridized carbons (Fsp3) is 0.174. The second-order valence-corrected chi connectivity index (χ2v) is 7.10. The van der Waals surface area contributed by atoms with Crippen molar-refractivity contribution in [3.63, 3.8) is 0 Å². The van der Waals surface area contributed by atoms with Gasteiger partial charge in [0, 0.05) is 30.9 Å². The number of anilines is 2. The molecule has 9 heteroatoms. The number of aromatic hydroxyl groups is 1. The molecular weight excluding hydrogens is 417 g/mol. The summed E-state index contributed by atoms with van der Waals surface area (Å²) in [5.41, 5.74) is -0.263. The third kappa shape index (κ3) is 4.46. The van der Waals surface area contributed by atoms with Gasteiger partial charge in [0.05, 0.1) is 12.1 Å². The Morgan fingerprint density at radius 3 is 2.47 bits per heavy atom. The molecular formula is C23H22FN3O5. The Labute approximate surface area is 183 Å². The quantitative estimate of drug-likeness (QED) is 0.544. The monoisotopic (exact) mass is 439 g/mol. The fourth-order valence-corrected chi connectivity index (χ4v) is 3.22. The van der Waals surface area contributed by atoms with Crippen molar-refractivity contribution < 1.29 is 24.2 Å². The molecule has 0 bridgehead atoms. The van der Waals surface area contributed by atoms with Crippen LogP contribution in [0.25, 0.3) is 11.1 Å². The zero-order chi connectivity index (χ0) is 23.4.